The summed E-state index contributed by atoms with van der Waals surface area (Å²) in [6.07, 6.45) is 5.39. The van der Waals surface area contributed by atoms with Crippen LogP contribution in [-0.2, 0) is 0 Å². The molecule has 0 N–H and O–H groups in total. The average Bonchev–Trinajstić information content (AvgIpc) is 3.10. The van der Waals surface area contributed by atoms with Gasteiger partial charge in [-0.25, -0.2) is 15.0 Å². The zero-order chi connectivity index (χ0) is 17.4. The largest absolute Gasteiger partial charge is 0.353 e. The van der Waals surface area contributed by atoms with E-state index in [1.165, 1.54) is 0 Å². The molecule has 0 aliphatic carbocycles. The lowest BCUT2D eigenvalue weighted by atomic mass is 10.2. The first kappa shape index (κ1) is 16.1. The first-order valence-corrected chi connectivity index (χ1v) is 9.43. The Morgan fingerprint density at radius 2 is 1.76 bits per heavy atom. The summed E-state index contributed by atoms with van der Waals surface area (Å²) >= 11 is 1.57. The van der Waals surface area contributed by atoms with Crippen LogP contribution in [0.3, 0.4) is 0 Å². The van der Waals surface area contributed by atoms with Crippen molar-refractivity contribution in [2.45, 2.75) is 19.0 Å². The third-order valence-corrected chi connectivity index (χ3v) is 5.14. The number of fused-ring (bicyclic) bond motifs is 1. The number of piperazine rings is 1. The highest BCUT2D eigenvalue weighted by Gasteiger charge is 2.23. The molecule has 4 rings (SSSR count). The Kier molecular flexibility index (Phi) is 4.16. The van der Waals surface area contributed by atoms with E-state index in [0.29, 0.717) is 5.78 Å². The van der Waals surface area contributed by atoms with Crippen molar-refractivity contribution in [3.05, 3.63) is 29.8 Å². The van der Waals surface area contributed by atoms with Gasteiger partial charge in [-0.2, -0.15) is 14.6 Å². The number of hydrogen-bond donors (Lipinski definition) is 0. The summed E-state index contributed by atoms with van der Waals surface area (Å²) in [7, 11) is 0. The molecule has 3 aromatic rings. The fourth-order valence-corrected chi connectivity index (χ4v) is 3.49. The van der Waals surface area contributed by atoms with Gasteiger partial charge in [-0.3, -0.25) is 0 Å². The molecule has 8 nitrogen and oxygen atoms in total. The number of aromatic nitrogens is 6. The molecular formula is C16H20N8S. The van der Waals surface area contributed by atoms with Gasteiger partial charge in [0.2, 0.25) is 0 Å². The molecule has 0 amide bonds. The standard InChI is InChI=1S/C16H20N8S/c1-11-12(2)20-15-18-10-19-24(15)14(11)23-8-6-22(7-9-23)13-4-5-17-16(21-13)25-3/h4-5,10H,6-9H2,1-3H3. The van der Waals surface area contributed by atoms with Crippen LogP contribution in [0.4, 0.5) is 11.6 Å². The summed E-state index contributed by atoms with van der Waals surface area (Å²) < 4.78 is 1.84. The van der Waals surface area contributed by atoms with Crippen molar-refractivity contribution in [1.82, 2.24) is 29.5 Å². The smallest absolute Gasteiger partial charge is 0.254 e. The zero-order valence-electron chi connectivity index (χ0n) is 14.5. The second kappa shape index (κ2) is 6.47. The predicted molar refractivity (Wildman–Crippen MR) is 98.5 cm³/mol. The summed E-state index contributed by atoms with van der Waals surface area (Å²) in [6.45, 7) is 7.73. The van der Waals surface area contributed by atoms with Crippen LogP contribution in [0.5, 0.6) is 0 Å². The minimum absolute atomic E-state index is 0.654. The van der Waals surface area contributed by atoms with E-state index in [-0.39, 0.29) is 0 Å². The molecule has 0 saturated carbocycles. The average molecular weight is 356 g/mol. The number of thioether (sulfide) groups is 1. The molecule has 1 fully saturated rings. The van der Waals surface area contributed by atoms with Crippen LogP contribution in [0, 0.1) is 13.8 Å². The topological polar surface area (TPSA) is 75.3 Å². The highest BCUT2D eigenvalue weighted by molar-refractivity contribution is 7.98. The lowest BCUT2D eigenvalue weighted by Crippen LogP contribution is -2.47. The molecule has 0 bridgehead atoms. The van der Waals surface area contributed by atoms with Crippen molar-refractivity contribution in [2.24, 2.45) is 0 Å². The van der Waals surface area contributed by atoms with Gasteiger partial charge in [-0.05, 0) is 26.2 Å². The molecule has 0 aromatic carbocycles. The summed E-state index contributed by atoms with van der Waals surface area (Å²) in [5, 5.41) is 5.17. The summed E-state index contributed by atoms with van der Waals surface area (Å²) in [4.78, 5) is 22.3. The van der Waals surface area contributed by atoms with Gasteiger partial charge in [0.25, 0.3) is 5.78 Å². The van der Waals surface area contributed by atoms with Crippen LogP contribution in [0.1, 0.15) is 11.3 Å². The van der Waals surface area contributed by atoms with Gasteiger partial charge < -0.3 is 9.80 Å². The van der Waals surface area contributed by atoms with Gasteiger partial charge in [0, 0.05) is 43.6 Å². The fourth-order valence-electron chi connectivity index (χ4n) is 3.14. The van der Waals surface area contributed by atoms with E-state index < -0.39 is 0 Å². The minimum Gasteiger partial charge on any atom is -0.353 e. The second-order valence-corrected chi connectivity index (χ2v) is 6.77. The van der Waals surface area contributed by atoms with Crippen molar-refractivity contribution < 1.29 is 0 Å². The number of anilines is 2. The Hall–Kier alpha value is -2.42. The summed E-state index contributed by atoms with van der Waals surface area (Å²) in [5.74, 6) is 2.74. The summed E-state index contributed by atoms with van der Waals surface area (Å²) in [5.41, 5.74) is 2.15. The molecule has 130 valence electrons. The minimum atomic E-state index is 0.654. The molecule has 3 aromatic heterocycles. The van der Waals surface area contributed by atoms with Gasteiger partial charge in [0.1, 0.15) is 18.0 Å². The fraction of sp³-hybridized carbons (Fsp3) is 0.438. The molecule has 1 aliphatic heterocycles. The van der Waals surface area contributed by atoms with Crippen molar-refractivity contribution >= 4 is 29.2 Å². The van der Waals surface area contributed by atoms with Crippen LogP contribution < -0.4 is 9.80 Å². The molecular weight excluding hydrogens is 336 g/mol. The quantitative estimate of drug-likeness (QED) is 0.517. The van der Waals surface area contributed by atoms with Crippen LogP contribution >= 0.6 is 11.8 Å². The monoisotopic (exact) mass is 356 g/mol. The maximum absolute atomic E-state index is 4.61. The highest BCUT2D eigenvalue weighted by atomic mass is 32.2. The van der Waals surface area contributed by atoms with E-state index in [0.717, 1.165) is 54.2 Å². The summed E-state index contributed by atoms with van der Waals surface area (Å²) in [6, 6.07) is 1.98. The first-order valence-electron chi connectivity index (χ1n) is 8.21. The Labute approximate surface area is 150 Å². The Morgan fingerprint density at radius 1 is 1.00 bits per heavy atom. The van der Waals surface area contributed by atoms with Gasteiger partial charge in [-0.15, -0.1) is 0 Å². The molecule has 1 aliphatic rings. The van der Waals surface area contributed by atoms with E-state index in [4.69, 9.17) is 0 Å². The molecule has 25 heavy (non-hydrogen) atoms. The highest BCUT2D eigenvalue weighted by Crippen LogP contribution is 2.25. The third-order valence-electron chi connectivity index (χ3n) is 4.58. The molecule has 1 saturated heterocycles. The van der Waals surface area contributed by atoms with E-state index in [1.807, 2.05) is 30.0 Å². The van der Waals surface area contributed by atoms with Crippen molar-refractivity contribution in [3.63, 3.8) is 0 Å². The molecule has 0 unspecified atom stereocenters. The Morgan fingerprint density at radius 3 is 2.52 bits per heavy atom. The number of nitrogens with zero attached hydrogens (tertiary/aromatic N) is 8. The van der Waals surface area contributed by atoms with E-state index in [2.05, 4.69) is 41.8 Å². The van der Waals surface area contributed by atoms with E-state index in [1.54, 1.807) is 18.1 Å². The lowest BCUT2D eigenvalue weighted by Gasteiger charge is -2.37. The molecule has 4 heterocycles. The van der Waals surface area contributed by atoms with Crippen LogP contribution in [0.15, 0.2) is 23.7 Å². The second-order valence-electron chi connectivity index (χ2n) is 5.99. The molecule has 0 spiro atoms. The Balaban J connectivity index is 1.58. The SMILES string of the molecule is CSc1nccc(N2CCN(c3c(C)c(C)nc4ncnn34)CC2)n1. The number of hydrogen-bond acceptors (Lipinski definition) is 8. The van der Waals surface area contributed by atoms with Gasteiger partial charge in [0.05, 0.1) is 0 Å². The van der Waals surface area contributed by atoms with Gasteiger partial charge in [0.15, 0.2) is 5.16 Å². The van der Waals surface area contributed by atoms with Gasteiger partial charge in [-0.1, -0.05) is 11.8 Å². The maximum Gasteiger partial charge on any atom is 0.254 e. The third kappa shape index (κ3) is 2.88. The van der Waals surface area contributed by atoms with Crippen molar-refractivity contribution in [2.75, 3.05) is 42.2 Å². The maximum atomic E-state index is 4.61. The molecule has 0 atom stereocenters. The Bertz CT molecular complexity index is 900. The van der Waals surface area contributed by atoms with Crippen LogP contribution in [0.25, 0.3) is 5.78 Å². The predicted octanol–water partition coefficient (Wildman–Crippen LogP) is 1.58. The zero-order valence-corrected chi connectivity index (χ0v) is 15.4. The van der Waals surface area contributed by atoms with Crippen LogP contribution in [0.2, 0.25) is 0 Å². The first-order chi connectivity index (χ1) is 12.2. The van der Waals surface area contributed by atoms with Crippen molar-refractivity contribution in [1.29, 1.82) is 0 Å². The number of rotatable bonds is 3. The normalized spacial score (nSPS) is 15.2. The molecule has 9 heteroatoms. The lowest BCUT2D eigenvalue weighted by molar-refractivity contribution is 0.628. The van der Waals surface area contributed by atoms with Crippen molar-refractivity contribution in [3.8, 4) is 0 Å². The molecule has 0 radical (unpaired) electrons. The van der Waals surface area contributed by atoms with E-state index >= 15 is 0 Å². The van der Waals surface area contributed by atoms with Gasteiger partial charge >= 0.3 is 0 Å². The number of aryl methyl sites for hydroxylation is 1. The van der Waals surface area contributed by atoms with Crippen LogP contribution in [-0.4, -0.2) is 62.0 Å². The van der Waals surface area contributed by atoms with E-state index in [9.17, 15) is 0 Å².